The van der Waals surface area contributed by atoms with E-state index >= 15 is 0 Å². The number of ether oxygens (including phenoxy) is 1. The Kier molecular flexibility index (Phi) is 4.71. The van der Waals surface area contributed by atoms with Gasteiger partial charge in [-0.15, -0.1) is 0 Å². The first-order chi connectivity index (χ1) is 13.6. The van der Waals surface area contributed by atoms with Crippen molar-refractivity contribution in [2.45, 2.75) is 19.5 Å². The van der Waals surface area contributed by atoms with E-state index < -0.39 is 5.82 Å². The third kappa shape index (κ3) is 3.30. The summed E-state index contributed by atoms with van der Waals surface area (Å²) in [5.74, 6) is -0.0144. The van der Waals surface area contributed by atoms with Gasteiger partial charge in [0.1, 0.15) is 18.5 Å². The third-order valence-corrected chi connectivity index (χ3v) is 4.82. The largest absolute Gasteiger partial charge is 0.473 e. The van der Waals surface area contributed by atoms with Crippen molar-refractivity contribution in [1.29, 1.82) is 5.26 Å². The standard InChI is InChI=1S/C19H18FN5O3/c20-16-2-1-14(7-13(16)8-21)22-19(27)24-5-3-17-15(10-24)18-25(23-17)9-12(11-26)4-6-28-18/h1-2,4,7,26H,3,5-6,9-11H2,(H,22,27). The fraction of sp³-hybridized carbons (Fsp3) is 0.316. The number of fused-ring (bicyclic) bond motifs is 3. The zero-order valence-corrected chi connectivity index (χ0v) is 15.0. The van der Waals surface area contributed by atoms with Gasteiger partial charge in [0.15, 0.2) is 0 Å². The molecule has 2 aliphatic heterocycles. The first-order valence-corrected chi connectivity index (χ1v) is 8.84. The van der Waals surface area contributed by atoms with Crippen molar-refractivity contribution in [2.75, 3.05) is 25.1 Å². The molecule has 2 amide bonds. The molecule has 2 aromatic rings. The summed E-state index contributed by atoms with van der Waals surface area (Å²) in [7, 11) is 0. The van der Waals surface area contributed by atoms with Crippen molar-refractivity contribution >= 4 is 11.7 Å². The lowest BCUT2D eigenvalue weighted by atomic mass is 10.1. The number of nitrogens with zero attached hydrogens (tertiary/aromatic N) is 4. The van der Waals surface area contributed by atoms with Gasteiger partial charge in [0.25, 0.3) is 0 Å². The molecule has 1 aromatic heterocycles. The summed E-state index contributed by atoms with van der Waals surface area (Å²) in [6.45, 7) is 1.55. The second kappa shape index (κ2) is 7.32. The number of benzene rings is 1. The molecule has 8 nitrogen and oxygen atoms in total. The van der Waals surface area contributed by atoms with Gasteiger partial charge in [0, 0.05) is 18.7 Å². The molecule has 0 saturated carbocycles. The highest BCUT2D eigenvalue weighted by Gasteiger charge is 2.29. The maximum Gasteiger partial charge on any atom is 0.322 e. The molecule has 0 unspecified atom stereocenters. The van der Waals surface area contributed by atoms with Gasteiger partial charge in [-0.2, -0.15) is 10.4 Å². The number of halogens is 1. The lowest BCUT2D eigenvalue weighted by Gasteiger charge is -2.27. The Balaban J connectivity index is 1.51. The van der Waals surface area contributed by atoms with Gasteiger partial charge in [-0.25, -0.2) is 13.9 Å². The number of carbonyl (C=O) groups is 1. The number of hydrogen-bond acceptors (Lipinski definition) is 5. The number of nitrogens with one attached hydrogen (secondary N) is 1. The summed E-state index contributed by atoms with van der Waals surface area (Å²) in [5.41, 5.74) is 2.80. The van der Waals surface area contributed by atoms with E-state index in [1.165, 1.54) is 12.1 Å². The predicted octanol–water partition coefficient (Wildman–Crippen LogP) is 1.80. The number of anilines is 1. The van der Waals surface area contributed by atoms with Crippen LogP contribution in [0.2, 0.25) is 0 Å². The molecule has 2 aliphatic rings. The van der Waals surface area contributed by atoms with E-state index in [2.05, 4.69) is 10.4 Å². The summed E-state index contributed by atoms with van der Waals surface area (Å²) in [5, 5.41) is 25.6. The summed E-state index contributed by atoms with van der Waals surface area (Å²) < 4.78 is 21.0. The number of aromatic nitrogens is 2. The van der Waals surface area contributed by atoms with Crippen LogP contribution in [0.25, 0.3) is 0 Å². The summed E-state index contributed by atoms with van der Waals surface area (Å²) in [6, 6.07) is 5.29. The first-order valence-electron chi connectivity index (χ1n) is 8.84. The monoisotopic (exact) mass is 383 g/mol. The molecule has 0 bridgehead atoms. The van der Waals surface area contributed by atoms with Crippen molar-refractivity contribution in [1.82, 2.24) is 14.7 Å². The van der Waals surface area contributed by atoms with Crippen LogP contribution in [0.1, 0.15) is 16.8 Å². The lowest BCUT2D eigenvalue weighted by Crippen LogP contribution is -2.38. The van der Waals surface area contributed by atoms with Crippen LogP contribution in [0.5, 0.6) is 5.88 Å². The van der Waals surface area contributed by atoms with Crippen molar-refractivity contribution in [2.24, 2.45) is 0 Å². The van der Waals surface area contributed by atoms with E-state index in [1.54, 1.807) is 15.7 Å². The Hall–Kier alpha value is -3.38. The van der Waals surface area contributed by atoms with Gasteiger partial charge in [-0.05, 0) is 29.8 Å². The minimum absolute atomic E-state index is 0.0514. The molecular weight excluding hydrogens is 365 g/mol. The molecule has 4 rings (SSSR count). The number of rotatable bonds is 2. The molecule has 28 heavy (non-hydrogen) atoms. The molecule has 0 aliphatic carbocycles. The van der Waals surface area contributed by atoms with Gasteiger partial charge in [-0.1, -0.05) is 0 Å². The third-order valence-electron chi connectivity index (χ3n) is 4.82. The SMILES string of the molecule is N#Cc1cc(NC(=O)N2CCc3nn4c(c3C2)OCC=C(CO)C4)ccc1F. The van der Waals surface area contributed by atoms with E-state index in [1.807, 2.05) is 6.08 Å². The fourth-order valence-electron chi connectivity index (χ4n) is 3.34. The smallest absolute Gasteiger partial charge is 0.322 e. The van der Waals surface area contributed by atoms with Crippen molar-refractivity contribution in [3.05, 3.63) is 52.5 Å². The van der Waals surface area contributed by atoms with Crippen LogP contribution in [0.3, 0.4) is 0 Å². The van der Waals surface area contributed by atoms with Crippen LogP contribution in [-0.4, -0.2) is 45.6 Å². The average molecular weight is 383 g/mol. The molecule has 0 radical (unpaired) electrons. The van der Waals surface area contributed by atoms with Crippen molar-refractivity contribution in [3.63, 3.8) is 0 Å². The highest BCUT2D eigenvalue weighted by Crippen LogP contribution is 2.30. The van der Waals surface area contributed by atoms with Gasteiger partial charge in [0.05, 0.1) is 36.5 Å². The number of hydrogen-bond donors (Lipinski definition) is 2. The van der Waals surface area contributed by atoms with Gasteiger partial charge >= 0.3 is 6.03 Å². The number of nitriles is 1. The topological polar surface area (TPSA) is 103 Å². The number of urea groups is 1. The van der Waals surface area contributed by atoms with E-state index in [0.29, 0.717) is 44.2 Å². The van der Waals surface area contributed by atoms with Gasteiger partial charge in [-0.3, -0.25) is 0 Å². The lowest BCUT2D eigenvalue weighted by molar-refractivity contribution is 0.205. The second-order valence-corrected chi connectivity index (χ2v) is 6.63. The van der Waals surface area contributed by atoms with E-state index in [-0.39, 0.29) is 18.2 Å². The number of aliphatic hydroxyl groups is 1. The molecule has 0 atom stereocenters. The Morgan fingerprint density at radius 1 is 1.43 bits per heavy atom. The maximum atomic E-state index is 13.4. The van der Waals surface area contributed by atoms with E-state index in [0.717, 1.165) is 22.9 Å². The predicted molar refractivity (Wildman–Crippen MR) is 97.1 cm³/mol. The molecule has 1 aromatic carbocycles. The molecule has 0 spiro atoms. The normalized spacial score (nSPS) is 15.5. The van der Waals surface area contributed by atoms with Crippen LogP contribution in [0.4, 0.5) is 14.9 Å². The minimum Gasteiger partial charge on any atom is -0.473 e. The Morgan fingerprint density at radius 3 is 3.07 bits per heavy atom. The second-order valence-electron chi connectivity index (χ2n) is 6.63. The van der Waals surface area contributed by atoms with E-state index in [4.69, 9.17) is 10.00 Å². The highest BCUT2D eigenvalue weighted by molar-refractivity contribution is 5.89. The zero-order valence-electron chi connectivity index (χ0n) is 15.0. The first kappa shape index (κ1) is 18.0. The van der Waals surface area contributed by atoms with Crippen LogP contribution < -0.4 is 10.1 Å². The maximum absolute atomic E-state index is 13.4. The van der Waals surface area contributed by atoms with Crippen molar-refractivity contribution < 1.29 is 19.0 Å². The van der Waals surface area contributed by atoms with Gasteiger partial charge in [0.2, 0.25) is 5.88 Å². The highest BCUT2D eigenvalue weighted by atomic mass is 19.1. The summed E-state index contributed by atoms with van der Waals surface area (Å²) >= 11 is 0. The molecule has 2 N–H and O–H groups in total. The molecule has 3 heterocycles. The van der Waals surface area contributed by atoms with Crippen LogP contribution >= 0.6 is 0 Å². The Bertz CT molecular complexity index is 1010. The number of aliphatic hydroxyl groups excluding tert-OH is 1. The molecule has 9 heteroatoms. The Morgan fingerprint density at radius 2 is 2.29 bits per heavy atom. The number of carbonyl (C=O) groups excluding carboxylic acids is 1. The van der Waals surface area contributed by atoms with E-state index in [9.17, 15) is 14.3 Å². The molecule has 0 saturated heterocycles. The van der Waals surface area contributed by atoms with Gasteiger partial charge < -0.3 is 20.1 Å². The average Bonchev–Trinajstić information content (AvgIpc) is 2.91. The quantitative estimate of drug-likeness (QED) is 0.770. The fourth-order valence-corrected chi connectivity index (χ4v) is 3.34. The summed E-state index contributed by atoms with van der Waals surface area (Å²) in [6.07, 6.45) is 2.41. The number of amides is 2. The van der Waals surface area contributed by atoms with Crippen LogP contribution in [0, 0.1) is 17.1 Å². The van der Waals surface area contributed by atoms with Crippen LogP contribution in [0.15, 0.2) is 29.8 Å². The van der Waals surface area contributed by atoms with Crippen molar-refractivity contribution in [3.8, 4) is 11.9 Å². The summed E-state index contributed by atoms with van der Waals surface area (Å²) in [4.78, 5) is 14.3. The zero-order chi connectivity index (χ0) is 19.7. The molecule has 144 valence electrons. The Labute approximate surface area is 160 Å². The molecule has 0 fully saturated rings. The van der Waals surface area contributed by atoms with Crippen LogP contribution in [-0.2, 0) is 19.5 Å². The molecular formula is C19H18FN5O3. The minimum atomic E-state index is -0.626.